The maximum absolute atomic E-state index is 12.9. The molecule has 3 unspecified atom stereocenters. The van der Waals surface area contributed by atoms with Crippen molar-refractivity contribution in [1.29, 1.82) is 0 Å². The fraction of sp³-hybridized carbons (Fsp3) is 0.956. The molecule has 6 nitrogen and oxygen atoms in total. The molecule has 0 aliphatic rings. The van der Waals surface area contributed by atoms with Gasteiger partial charge in [0.2, 0.25) is 0 Å². The van der Waals surface area contributed by atoms with E-state index in [-0.39, 0.29) is 31.1 Å². The van der Waals surface area contributed by atoms with Gasteiger partial charge < -0.3 is 14.2 Å². The highest BCUT2D eigenvalue weighted by atomic mass is 16.6. The molecule has 0 rings (SSSR count). The van der Waals surface area contributed by atoms with Crippen molar-refractivity contribution in [3.63, 3.8) is 0 Å². The van der Waals surface area contributed by atoms with Gasteiger partial charge in [-0.2, -0.15) is 0 Å². The van der Waals surface area contributed by atoms with E-state index in [0.717, 1.165) is 75.5 Å². The Kier molecular flexibility index (Phi) is 57.8. The first-order valence-electron chi connectivity index (χ1n) is 33.7. The molecule has 0 spiro atoms. The average Bonchev–Trinajstić information content (AvgIpc) is 3.40. The van der Waals surface area contributed by atoms with Gasteiger partial charge in [0.25, 0.3) is 0 Å². The second-order valence-electron chi connectivity index (χ2n) is 24.2. The van der Waals surface area contributed by atoms with Gasteiger partial charge in [-0.05, 0) is 37.0 Å². The Morgan fingerprint density at radius 1 is 0.257 bits per heavy atom. The van der Waals surface area contributed by atoms with E-state index in [9.17, 15) is 14.4 Å². The van der Waals surface area contributed by atoms with Gasteiger partial charge in [0, 0.05) is 19.3 Å². The average molecular weight is 1050 g/mol. The second kappa shape index (κ2) is 59.1. The molecule has 0 fully saturated rings. The monoisotopic (exact) mass is 1050 g/mol. The number of unbranched alkanes of at least 4 members (excludes halogenated alkanes) is 41. The third-order valence-electron chi connectivity index (χ3n) is 16.7. The normalized spacial score (nSPS) is 13.2. The minimum absolute atomic E-state index is 0.0627. The zero-order valence-electron chi connectivity index (χ0n) is 51.1. The smallest absolute Gasteiger partial charge is 0.306 e. The summed E-state index contributed by atoms with van der Waals surface area (Å²) >= 11 is 0. The molecule has 6 heteroatoms. The molecule has 0 bridgehead atoms. The van der Waals surface area contributed by atoms with Crippen LogP contribution in [-0.2, 0) is 28.6 Å². The Labute approximate surface area is 463 Å². The van der Waals surface area contributed by atoms with Gasteiger partial charge in [0.1, 0.15) is 13.2 Å². The third kappa shape index (κ3) is 56.6. The number of hydrogen-bond acceptors (Lipinski definition) is 6. The van der Waals surface area contributed by atoms with Crippen molar-refractivity contribution in [3.05, 3.63) is 0 Å². The van der Waals surface area contributed by atoms with Gasteiger partial charge in [-0.15, -0.1) is 0 Å². The van der Waals surface area contributed by atoms with Gasteiger partial charge in [-0.3, -0.25) is 14.4 Å². The number of carbonyl (C=O) groups is 3. The summed E-state index contributed by atoms with van der Waals surface area (Å²) in [4.78, 5) is 38.3. The van der Waals surface area contributed by atoms with Gasteiger partial charge in [0.15, 0.2) is 6.10 Å². The lowest BCUT2D eigenvalue weighted by molar-refractivity contribution is -0.167. The molecule has 74 heavy (non-hydrogen) atoms. The van der Waals surface area contributed by atoms with Crippen LogP contribution in [0.5, 0.6) is 0 Å². The summed E-state index contributed by atoms with van der Waals surface area (Å²) in [5, 5.41) is 0. The number of esters is 3. The molecule has 0 saturated carbocycles. The van der Waals surface area contributed by atoms with Crippen LogP contribution in [0.4, 0.5) is 0 Å². The van der Waals surface area contributed by atoms with E-state index in [4.69, 9.17) is 14.2 Å². The van der Waals surface area contributed by atoms with Crippen molar-refractivity contribution in [1.82, 2.24) is 0 Å². The Morgan fingerprint density at radius 3 is 0.635 bits per heavy atom. The molecule has 0 aliphatic heterocycles. The minimum atomic E-state index is -0.765. The number of ether oxygens (including phenoxy) is 3. The first-order valence-corrected chi connectivity index (χ1v) is 33.7. The first-order chi connectivity index (χ1) is 36.2. The van der Waals surface area contributed by atoms with Crippen LogP contribution in [0.2, 0.25) is 0 Å². The largest absolute Gasteiger partial charge is 0.462 e. The van der Waals surface area contributed by atoms with Crippen molar-refractivity contribution >= 4 is 17.9 Å². The molecule has 440 valence electrons. The van der Waals surface area contributed by atoms with E-state index in [0.29, 0.717) is 19.3 Å². The van der Waals surface area contributed by atoms with E-state index in [1.807, 2.05) is 0 Å². The van der Waals surface area contributed by atoms with Crippen LogP contribution in [0.25, 0.3) is 0 Å². The van der Waals surface area contributed by atoms with Crippen LogP contribution in [0.1, 0.15) is 382 Å². The minimum Gasteiger partial charge on any atom is -0.462 e. The van der Waals surface area contributed by atoms with E-state index in [2.05, 4.69) is 41.5 Å². The zero-order chi connectivity index (χ0) is 54.1. The molecular weight excluding hydrogens is 913 g/mol. The molecule has 0 aliphatic carbocycles. The van der Waals surface area contributed by atoms with Crippen LogP contribution >= 0.6 is 0 Å². The van der Waals surface area contributed by atoms with Crippen molar-refractivity contribution in [2.75, 3.05) is 13.2 Å². The standard InChI is InChI=1S/C68H132O6/c1-7-62(4)54-48-42-36-30-26-22-18-14-10-12-16-20-24-28-32-39-45-51-57-66(69)72-60-65(61-73-67(70)58-52-46-40-35-34-38-44-50-56-64(6)9-3)74-68(71)59-53-47-41-33-29-25-21-17-13-11-15-19-23-27-31-37-43-49-55-63(5)8-2/h62-65H,7-61H2,1-6H3/t62?,63?,64?,65-/m0/s1. The lowest BCUT2D eigenvalue weighted by atomic mass is 9.99. The maximum Gasteiger partial charge on any atom is 0.306 e. The molecule has 0 heterocycles. The second-order valence-corrected chi connectivity index (χ2v) is 24.2. The van der Waals surface area contributed by atoms with E-state index >= 15 is 0 Å². The lowest BCUT2D eigenvalue weighted by Gasteiger charge is -2.18. The molecular formula is C68H132O6. The summed E-state index contributed by atoms with van der Waals surface area (Å²) in [6.07, 6.45) is 65.3. The molecule has 0 aromatic carbocycles. The van der Waals surface area contributed by atoms with Gasteiger partial charge in [0.05, 0.1) is 0 Å². The van der Waals surface area contributed by atoms with Gasteiger partial charge >= 0.3 is 17.9 Å². The van der Waals surface area contributed by atoms with E-state index < -0.39 is 6.10 Å². The first kappa shape index (κ1) is 72.4. The molecule has 4 atom stereocenters. The lowest BCUT2D eigenvalue weighted by Crippen LogP contribution is -2.30. The fourth-order valence-corrected chi connectivity index (χ4v) is 10.5. The highest BCUT2D eigenvalue weighted by Gasteiger charge is 2.20. The van der Waals surface area contributed by atoms with Gasteiger partial charge in [-0.1, -0.05) is 343 Å². The highest BCUT2D eigenvalue weighted by molar-refractivity contribution is 5.71. The third-order valence-corrected chi connectivity index (χ3v) is 16.7. The highest BCUT2D eigenvalue weighted by Crippen LogP contribution is 2.20. The summed E-state index contributed by atoms with van der Waals surface area (Å²) in [6.45, 7) is 13.9. The van der Waals surface area contributed by atoms with Crippen molar-refractivity contribution < 1.29 is 28.6 Å². The number of rotatable bonds is 61. The summed E-state index contributed by atoms with van der Waals surface area (Å²) in [5.74, 6) is 1.83. The van der Waals surface area contributed by atoms with Crippen LogP contribution in [0.3, 0.4) is 0 Å². The van der Waals surface area contributed by atoms with Crippen LogP contribution in [-0.4, -0.2) is 37.2 Å². The molecule has 0 amide bonds. The van der Waals surface area contributed by atoms with Gasteiger partial charge in [-0.25, -0.2) is 0 Å². The molecule has 0 aromatic rings. The molecule has 0 saturated heterocycles. The zero-order valence-corrected chi connectivity index (χ0v) is 51.1. The maximum atomic E-state index is 12.9. The molecule has 0 radical (unpaired) electrons. The number of hydrogen-bond donors (Lipinski definition) is 0. The summed E-state index contributed by atoms with van der Waals surface area (Å²) in [7, 11) is 0. The summed E-state index contributed by atoms with van der Waals surface area (Å²) < 4.78 is 17.0. The van der Waals surface area contributed by atoms with Crippen molar-refractivity contribution in [2.24, 2.45) is 17.8 Å². The predicted molar refractivity (Wildman–Crippen MR) is 321 cm³/mol. The SMILES string of the molecule is CCC(C)CCCCCCCCCCCCCCCCCCCCC(=O)OC[C@@H](COC(=O)CCCCCCCCCCC(C)CC)OC(=O)CCCCCCCCCCCCCCCCCCCCC(C)CC. The van der Waals surface area contributed by atoms with Crippen LogP contribution in [0.15, 0.2) is 0 Å². The predicted octanol–water partition coefficient (Wildman–Crippen LogP) is 22.6. The Bertz CT molecular complexity index is 1150. The van der Waals surface area contributed by atoms with E-state index in [1.54, 1.807) is 0 Å². The quantitative estimate of drug-likeness (QED) is 0.0343. The summed E-state index contributed by atoms with van der Waals surface area (Å²) in [5.41, 5.74) is 0. The van der Waals surface area contributed by atoms with Crippen molar-refractivity contribution in [3.8, 4) is 0 Å². The summed E-state index contributed by atoms with van der Waals surface area (Å²) in [6, 6.07) is 0. The van der Waals surface area contributed by atoms with E-state index in [1.165, 1.54) is 263 Å². The van der Waals surface area contributed by atoms with Crippen LogP contribution < -0.4 is 0 Å². The van der Waals surface area contributed by atoms with Crippen molar-refractivity contribution in [2.45, 2.75) is 388 Å². The Morgan fingerprint density at radius 2 is 0.432 bits per heavy atom. The number of carbonyl (C=O) groups excluding carboxylic acids is 3. The molecule has 0 N–H and O–H groups in total. The Hall–Kier alpha value is -1.59. The van der Waals surface area contributed by atoms with Crippen LogP contribution in [0, 0.1) is 17.8 Å². The topological polar surface area (TPSA) is 78.9 Å². The molecule has 0 aromatic heterocycles. The Balaban J connectivity index is 4.22. The fourth-order valence-electron chi connectivity index (χ4n) is 10.5.